The highest BCUT2D eigenvalue weighted by Gasteiger charge is 2.66. The number of benzene rings is 2. The van der Waals surface area contributed by atoms with Gasteiger partial charge in [-0.15, -0.1) is 0 Å². The lowest BCUT2D eigenvalue weighted by Gasteiger charge is -2.45. The lowest BCUT2D eigenvalue weighted by Crippen LogP contribution is -2.66. The molecule has 0 saturated heterocycles. The summed E-state index contributed by atoms with van der Waals surface area (Å²) in [6.45, 7) is -1.05. The van der Waals surface area contributed by atoms with Gasteiger partial charge in [-0.05, 0) is 12.1 Å². The summed E-state index contributed by atoms with van der Waals surface area (Å²) in [7, 11) is 1.24. The van der Waals surface area contributed by atoms with Crippen molar-refractivity contribution < 1.29 is 24.3 Å². The number of nitro groups is 1. The van der Waals surface area contributed by atoms with Crippen LogP contribution in [-0.2, 0) is 10.5 Å². The van der Waals surface area contributed by atoms with Crippen molar-refractivity contribution in [1.29, 1.82) is 0 Å². The summed E-state index contributed by atoms with van der Waals surface area (Å²) < 4.78 is 11.3. The molecule has 1 N–H and O–H groups in total. The zero-order chi connectivity index (χ0) is 17.4. The van der Waals surface area contributed by atoms with Crippen LogP contribution in [0.15, 0.2) is 54.6 Å². The van der Waals surface area contributed by atoms with Crippen LogP contribution in [0.4, 0.5) is 0 Å². The molecule has 0 radical (unpaired) electrons. The molecule has 0 unspecified atom stereocenters. The molecule has 0 bridgehead atoms. The Morgan fingerprint density at radius 2 is 1.79 bits per heavy atom. The van der Waals surface area contributed by atoms with E-state index in [1.165, 1.54) is 13.2 Å². The topological polar surface area (TPSA) is 98.9 Å². The van der Waals surface area contributed by atoms with E-state index in [-0.39, 0.29) is 11.3 Å². The minimum Gasteiger partial charge on any atom is -0.453 e. The third-order valence-electron chi connectivity index (χ3n) is 4.10. The molecular formula is C17H15NO6. The monoisotopic (exact) mass is 329 g/mol. The van der Waals surface area contributed by atoms with E-state index < -0.39 is 28.6 Å². The maximum Gasteiger partial charge on any atom is 0.280 e. The van der Waals surface area contributed by atoms with Gasteiger partial charge in [0, 0.05) is 17.6 Å². The van der Waals surface area contributed by atoms with Gasteiger partial charge in [0.1, 0.15) is 5.75 Å². The van der Waals surface area contributed by atoms with Gasteiger partial charge in [-0.3, -0.25) is 14.9 Å². The maximum absolute atomic E-state index is 12.9. The van der Waals surface area contributed by atoms with Crippen LogP contribution in [-0.4, -0.2) is 35.1 Å². The largest absolute Gasteiger partial charge is 0.453 e. The van der Waals surface area contributed by atoms with Crippen LogP contribution in [0.25, 0.3) is 0 Å². The Balaban J connectivity index is 2.28. The number of aliphatic hydroxyl groups is 1. The summed E-state index contributed by atoms with van der Waals surface area (Å²) in [5.41, 5.74) is -2.13. The Kier molecular flexibility index (Phi) is 3.82. The van der Waals surface area contributed by atoms with E-state index in [9.17, 15) is 20.0 Å². The number of rotatable bonds is 4. The van der Waals surface area contributed by atoms with Crippen LogP contribution in [0.3, 0.4) is 0 Å². The molecule has 0 spiro atoms. The summed E-state index contributed by atoms with van der Waals surface area (Å²) >= 11 is 0. The first-order valence-corrected chi connectivity index (χ1v) is 7.22. The number of ketones is 1. The van der Waals surface area contributed by atoms with Gasteiger partial charge in [0.25, 0.3) is 11.4 Å². The molecule has 3 rings (SSSR count). The molecule has 24 heavy (non-hydrogen) atoms. The number of nitrogens with zero attached hydrogens (tertiary/aromatic N) is 1. The predicted molar refractivity (Wildman–Crippen MR) is 83.3 cm³/mol. The van der Waals surface area contributed by atoms with Crippen molar-refractivity contribution in [3.63, 3.8) is 0 Å². The molecule has 2 atom stereocenters. The van der Waals surface area contributed by atoms with E-state index in [2.05, 4.69) is 0 Å². The van der Waals surface area contributed by atoms with Gasteiger partial charge >= 0.3 is 0 Å². The zero-order valence-electron chi connectivity index (χ0n) is 12.8. The second-order valence-electron chi connectivity index (χ2n) is 5.47. The van der Waals surface area contributed by atoms with Crippen LogP contribution in [0.2, 0.25) is 0 Å². The molecule has 7 nitrogen and oxygen atoms in total. The number of Topliss-reactive ketones (excluding diaryl/α,β-unsaturated/α-hetero) is 1. The molecule has 0 aromatic heterocycles. The number of hydrogen-bond donors (Lipinski definition) is 1. The Hall–Kier alpha value is -2.77. The van der Waals surface area contributed by atoms with E-state index in [0.717, 1.165) is 0 Å². The molecule has 0 aliphatic carbocycles. The molecule has 2 aromatic carbocycles. The van der Waals surface area contributed by atoms with Gasteiger partial charge in [-0.2, -0.15) is 0 Å². The van der Waals surface area contributed by atoms with E-state index >= 15 is 0 Å². The smallest absolute Gasteiger partial charge is 0.280 e. The van der Waals surface area contributed by atoms with Gasteiger partial charge in [0.15, 0.2) is 0 Å². The summed E-state index contributed by atoms with van der Waals surface area (Å²) in [4.78, 5) is 23.3. The molecule has 124 valence electrons. The minimum absolute atomic E-state index is 0.0745. The fourth-order valence-corrected chi connectivity index (χ4v) is 3.00. The second-order valence-corrected chi connectivity index (χ2v) is 5.47. The molecular weight excluding hydrogens is 314 g/mol. The quantitative estimate of drug-likeness (QED) is 0.678. The first kappa shape index (κ1) is 16.1. The third kappa shape index (κ3) is 2.17. The number of fused-ring (bicyclic) bond motifs is 1. The summed E-state index contributed by atoms with van der Waals surface area (Å²) in [6.07, 6.45) is 0. The number of para-hydroxylation sites is 1. The molecule has 2 aromatic rings. The first-order chi connectivity index (χ1) is 11.4. The number of carbonyl (C=O) groups is 1. The van der Waals surface area contributed by atoms with Crippen LogP contribution in [0.1, 0.15) is 15.9 Å². The predicted octanol–water partition coefficient (Wildman–Crippen LogP) is 1.77. The van der Waals surface area contributed by atoms with Crippen LogP contribution < -0.4 is 4.74 Å². The van der Waals surface area contributed by atoms with Crippen molar-refractivity contribution in [3.05, 3.63) is 75.8 Å². The Labute approximate surface area is 137 Å². The maximum atomic E-state index is 12.9. The average Bonchev–Trinajstić information content (AvgIpc) is 2.58. The van der Waals surface area contributed by atoms with E-state index in [0.29, 0.717) is 5.56 Å². The highest BCUT2D eigenvalue weighted by atomic mass is 16.7. The normalized spacial score (nSPS) is 25.7. The first-order valence-electron chi connectivity index (χ1n) is 7.22. The van der Waals surface area contributed by atoms with Crippen molar-refractivity contribution in [2.24, 2.45) is 0 Å². The van der Waals surface area contributed by atoms with Gasteiger partial charge in [0.2, 0.25) is 12.3 Å². The van der Waals surface area contributed by atoms with E-state index in [1.807, 2.05) is 0 Å². The number of methoxy groups -OCH3 is 1. The van der Waals surface area contributed by atoms with Gasteiger partial charge < -0.3 is 14.6 Å². The fourth-order valence-electron chi connectivity index (χ4n) is 3.00. The Morgan fingerprint density at radius 3 is 2.42 bits per heavy atom. The van der Waals surface area contributed by atoms with E-state index in [4.69, 9.17) is 9.47 Å². The fraction of sp³-hybridized carbons (Fsp3) is 0.235. The standard InChI is InChI=1S/C17H15NO6/c1-23-17(12-7-3-2-4-8-12)16(20,11-18(21)22)15(19)13-9-5-6-10-14(13)24-17/h2-10,20H,11H2,1H3/t16-,17+/m1/s1. The van der Waals surface area contributed by atoms with Gasteiger partial charge in [-0.1, -0.05) is 42.5 Å². The van der Waals surface area contributed by atoms with Gasteiger partial charge in [-0.25, -0.2) is 0 Å². The number of ether oxygens (including phenoxy) is 2. The van der Waals surface area contributed by atoms with E-state index in [1.54, 1.807) is 48.5 Å². The molecule has 1 aliphatic heterocycles. The third-order valence-corrected chi connectivity index (χ3v) is 4.10. The van der Waals surface area contributed by atoms with Gasteiger partial charge in [0.05, 0.1) is 5.56 Å². The molecule has 1 aliphatic rings. The summed E-state index contributed by atoms with van der Waals surface area (Å²) in [5, 5.41) is 22.2. The molecule has 0 amide bonds. The van der Waals surface area contributed by atoms with Crippen molar-refractivity contribution in [2.75, 3.05) is 13.7 Å². The molecule has 7 heteroatoms. The number of hydrogen-bond acceptors (Lipinski definition) is 6. The molecule has 1 heterocycles. The van der Waals surface area contributed by atoms with Crippen molar-refractivity contribution >= 4 is 5.78 Å². The highest BCUT2D eigenvalue weighted by molar-refractivity contribution is 6.06. The highest BCUT2D eigenvalue weighted by Crippen LogP contribution is 2.46. The van der Waals surface area contributed by atoms with Crippen molar-refractivity contribution in [2.45, 2.75) is 11.4 Å². The second kappa shape index (κ2) is 5.70. The lowest BCUT2D eigenvalue weighted by molar-refractivity contribution is -0.510. The van der Waals surface area contributed by atoms with Crippen molar-refractivity contribution in [1.82, 2.24) is 0 Å². The number of carbonyl (C=O) groups excluding carboxylic acids is 1. The SMILES string of the molecule is CO[C@@]1(c2ccccc2)Oc2ccccc2C(=O)[C@]1(O)C[N+](=O)[O-]. The minimum atomic E-state index is -2.51. The Bertz CT molecular complexity index is 793. The van der Waals surface area contributed by atoms with Crippen LogP contribution >= 0.6 is 0 Å². The van der Waals surface area contributed by atoms with Crippen molar-refractivity contribution in [3.8, 4) is 5.75 Å². The Morgan fingerprint density at radius 1 is 1.17 bits per heavy atom. The van der Waals surface area contributed by atoms with Crippen LogP contribution in [0.5, 0.6) is 5.75 Å². The molecule has 0 fully saturated rings. The lowest BCUT2D eigenvalue weighted by atomic mass is 9.78. The zero-order valence-corrected chi connectivity index (χ0v) is 12.8. The molecule has 0 saturated carbocycles. The van der Waals surface area contributed by atoms with Crippen LogP contribution in [0, 0.1) is 10.1 Å². The summed E-state index contributed by atoms with van der Waals surface area (Å²) in [6, 6.07) is 14.5. The summed E-state index contributed by atoms with van der Waals surface area (Å²) in [5.74, 6) is -2.64. The average molecular weight is 329 g/mol.